The van der Waals surface area contributed by atoms with Gasteiger partial charge < -0.3 is 4.74 Å². The number of rotatable bonds is 4. The number of likely N-dealkylation sites (tertiary alicyclic amines) is 1. The van der Waals surface area contributed by atoms with Crippen LogP contribution in [-0.4, -0.2) is 37.7 Å². The Kier molecular flexibility index (Phi) is 4.32. The SMILES string of the molecule is COc1cccc(C2CCCN2Cc2nnc3n(C)c(=O)c4ccccc4n23)c1. The van der Waals surface area contributed by atoms with Crippen LogP contribution in [0.3, 0.4) is 0 Å². The highest BCUT2D eigenvalue weighted by Gasteiger charge is 2.28. The van der Waals surface area contributed by atoms with E-state index in [0.29, 0.717) is 23.8 Å². The Morgan fingerprint density at radius 3 is 2.86 bits per heavy atom. The number of fused-ring (bicyclic) bond motifs is 3. The van der Waals surface area contributed by atoms with Crippen molar-refractivity contribution in [2.45, 2.75) is 25.4 Å². The predicted molar refractivity (Wildman–Crippen MR) is 111 cm³/mol. The maximum Gasteiger partial charge on any atom is 0.262 e. The molecule has 0 radical (unpaired) electrons. The van der Waals surface area contributed by atoms with Gasteiger partial charge in [0.2, 0.25) is 5.78 Å². The second-order valence-electron chi connectivity index (χ2n) is 7.54. The summed E-state index contributed by atoms with van der Waals surface area (Å²) in [5.74, 6) is 2.30. The first kappa shape index (κ1) is 17.9. The van der Waals surface area contributed by atoms with Crippen LogP contribution in [0.25, 0.3) is 16.7 Å². The summed E-state index contributed by atoms with van der Waals surface area (Å²) in [5.41, 5.74) is 2.05. The molecule has 2 aromatic carbocycles. The highest BCUT2D eigenvalue weighted by atomic mass is 16.5. The van der Waals surface area contributed by atoms with Gasteiger partial charge in [-0.15, -0.1) is 10.2 Å². The standard InChI is InChI=1S/C22H23N5O2/c1-25-21(28)17-9-3-4-10-19(17)27-20(23-24-22(25)27)14-26-12-6-11-18(26)15-7-5-8-16(13-15)29-2/h3-5,7-10,13,18H,6,11-12,14H2,1-2H3. The third-order valence-corrected chi connectivity index (χ3v) is 5.88. The van der Waals surface area contributed by atoms with E-state index in [4.69, 9.17) is 4.74 Å². The van der Waals surface area contributed by atoms with E-state index >= 15 is 0 Å². The highest BCUT2D eigenvalue weighted by Crippen LogP contribution is 2.34. The summed E-state index contributed by atoms with van der Waals surface area (Å²) in [4.78, 5) is 15.1. The van der Waals surface area contributed by atoms with Crippen molar-refractivity contribution in [3.63, 3.8) is 0 Å². The quantitative estimate of drug-likeness (QED) is 0.537. The van der Waals surface area contributed by atoms with E-state index in [1.807, 2.05) is 40.8 Å². The molecular formula is C22H23N5O2. The zero-order valence-electron chi connectivity index (χ0n) is 16.6. The molecule has 5 rings (SSSR count). The minimum atomic E-state index is -0.0533. The Labute approximate surface area is 168 Å². The van der Waals surface area contributed by atoms with Gasteiger partial charge in [-0.1, -0.05) is 24.3 Å². The maximum absolute atomic E-state index is 12.7. The molecular weight excluding hydrogens is 366 g/mol. The number of ether oxygens (including phenoxy) is 1. The number of nitrogens with zero attached hydrogens (tertiary/aromatic N) is 5. The van der Waals surface area contributed by atoms with Crippen LogP contribution < -0.4 is 10.3 Å². The van der Waals surface area contributed by atoms with Crippen LogP contribution >= 0.6 is 0 Å². The van der Waals surface area contributed by atoms with Gasteiger partial charge in [-0.2, -0.15) is 0 Å². The van der Waals surface area contributed by atoms with E-state index < -0.39 is 0 Å². The lowest BCUT2D eigenvalue weighted by Crippen LogP contribution is -2.25. The summed E-state index contributed by atoms with van der Waals surface area (Å²) in [6.45, 7) is 1.67. The van der Waals surface area contributed by atoms with E-state index in [2.05, 4.69) is 27.2 Å². The van der Waals surface area contributed by atoms with Gasteiger partial charge in [0.1, 0.15) is 5.75 Å². The number of hydrogen-bond donors (Lipinski definition) is 0. The molecule has 1 fully saturated rings. The molecule has 2 aromatic heterocycles. The fourth-order valence-corrected chi connectivity index (χ4v) is 4.42. The monoisotopic (exact) mass is 389 g/mol. The van der Waals surface area contributed by atoms with Crippen LogP contribution in [0.5, 0.6) is 5.75 Å². The largest absolute Gasteiger partial charge is 0.497 e. The topological polar surface area (TPSA) is 64.7 Å². The van der Waals surface area contributed by atoms with Crippen molar-refractivity contribution in [3.8, 4) is 5.75 Å². The molecule has 1 atom stereocenters. The van der Waals surface area contributed by atoms with Crippen molar-refractivity contribution in [1.82, 2.24) is 24.1 Å². The summed E-state index contributed by atoms with van der Waals surface area (Å²) < 4.78 is 8.99. The molecule has 3 heterocycles. The van der Waals surface area contributed by atoms with Gasteiger partial charge in [0.15, 0.2) is 5.82 Å². The smallest absolute Gasteiger partial charge is 0.262 e. The maximum atomic E-state index is 12.7. The average Bonchev–Trinajstić information content (AvgIpc) is 3.40. The van der Waals surface area contributed by atoms with Gasteiger partial charge in [-0.05, 0) is 49.2 Å². The molecule has 0 amide bonds. The number of para-hydroxylation sites is 1. The van der Waals surface area contributed by atoms with Crippen LogP contribution in [-0.2, 0) is 13.6 Å². The fraction of sp³-hybridized carbons (Fsp3) is 0.318. The van der Waals surface area contributed by atoms with Gasteiger partial charge in [-0.3, -0.25) is 18.7 Å². The van der Waals surface area contributed by atoms with Gasteiger partial charge in [0.05, 0.1) is 24.6 Å². The first-order valence-electron chi connectivity index (χ1n) is 9.87. The predicted octanol–water partition coefficient (Wildman–Crippen LogP) is 2.93. The summed E-state index contributed by atoms with van der Waals surface area (Å²) in [7, 11) is 3.45. The van der Waals surface area contributed by atoms with E-state index in [1.165, 1.54) is 5.56 Å². The molecule has 1 saturated heterocycles. The summed E-state index contributed by atoms with van der Waals surface area (Å²) in [6.07, 6.45) is 2.24. The number of hydrogen-bond acceptors (Lipinski definition) is 5. The highest BCUT2D eigenvalue weighted by molar-refractivity contribution is 5.80. The van der Waals surface area contributed by atoms with Crippen molar-refractivity contribution >= 4 is 16.7 Å². The number of benzene rings is 2. The Morgan fingerprint density at radius 1 is 1.14 bits per heavy atom. The zero-order valence-corrected chi connectivity index (χ0v) is 16.6. The molecule has 1 aliphatic rings. The lowest BCUT2D eigenvalue weighted by Gasteiger charge is -2.24. The Balaban J connectivity index is 1.57. The van der Waals surface area contributed by atoms with Crippen LogP contribution in [0, 0.1) is 0 Å². The van der Waals surface area contributed by atoms with E-state index in [0.717, 1.165) is 36.5 Å². The molecule has 4 aromatic rings. The lowest BCUT2D eigenvalue weighted by atomic mass is 10.0. The molecule has 148 valence electrons. The minimum absolute atomic E-state index is 0.0533. The average molecular weight is 389 g/mol. The van der Waals surface area contributed by atoms with E-state index in [-0.39, 0.29) is 5.56 Å². The van der Waals surface area contributed by atoms with Crippen molar-refractivity contribution in [2.24, 2.45) is 7.05 Å². The second-order valence-corrected chi connectivity index (χ2v) is 7.54. The van der Waals surface area contributed by atoms with Crippen LogP contribution in [0.4, 0.5) is 0 Å². The lowest BCUT2D eigenvalue weighted by molar-refractivity contribution is 0.241. The molecule has 0 saturated carbocycles. The third kappa shape index (κ3) is 2.89. The Bertz CT molecular complexity index is 1260. The fourth-order valence-electron chi connectivity index (χ4n) is 4.42. The van der Waals surface area contributed by atoms with Crippen molar-refractivity contribution in [2.75, 3.05) is 13.7 Å². The number of aromatic nitrogens is 4. The first-order valence-corrected chi connectivity index (χ1v) is 9.87. The van der Waals surface area contributed by atoms with Crippen LogP contribution in [0.2, 0.25) is 0 Å². The first-order chi connectivity index (χ1) is 14.2. The van der Waals surface area contributed by atoms with E-state index in [1.54, 1.807) is 18.7 Å². The Hall–Kier alpha value is -3.19. The molecule has 29 heavy (non-hydrogen) atoms. The van der Waals surface area contributed by atoms with Crippen LogP contribution in [0.15, 0.2) is 53.3 Å². The molecule has 7 heteroatoms. The molecule has 1 aliphatic heterocycles. The van der Waals surface area contributed by atoms with Gasteiger partial charge in [0.25, 0.3) is 5.56 Å². The van der Waals surface area contributed by atoms with Gasteiger partial charge >= 0.3 is 0 Å². The zero-order chi connectivity index (χ0) is 20.0. The molecule has 0 spiro atoms. The molecule has 1 unspecified atom stereocenters. The third-order valence-electron chi connectivity index (χ3n) is 5.88. The minimum Gasteiger partial charge on any atom is -0.497 e. The van der Waals surface area contributed by atoms with Crippen LogP contribution in [0.1, 0.15) is 30.3 Å². The second kappa shape index (κ2) is 7.00. The summed E-state index contributed by atoms with van der Waals surface area (Å²) in [5, 5.41) is 9.46. The van der Waals surface area contributed by atoms with E-state index in [9.17, 15) is 4.79 Å². The van der Waals surface area contributed by atoms with Crippen molar-refractivity contribution in [3.05, 3.63) is 70.3 Å². The Morgan fingerprint density at radius 2 is 2.00 bits per heavy atom. The molecule has 0 bridgehead atoms. The van der Waals surface area contributed by atoms with Gasteiger partial charge in [-0.25, -0.2) is 0 Å². The number of aryl methyl sites for hydroxylation is 1. The summed E-state index contributed by atoms with van der Waals surface area (Å²) >= 11 is 0. The van der Waals surface area contributed by atoms with Crippen molar-refractivity contribution < 1.29 is 4.74 Å². The molecule has 0 N–H and O–H groups in total. The normalized spacial score (nSPS) is 17.4. The van der Waals surface area contributed by atoms with Gasteiger partial charge in [0, 0.05) is 13.1 Å². The number of methoxy groups -OCH3 is 1. The summed E-state index contributed by atoms with van der Waals surface area (Å²) in [6, 6.07) is 16.3. The van der Waals surface area contributed by atoms with Crippen molar-refractivity contribution in [1.29, 1.82) is 0 Å². The molecule has 0 aliphatic carbocycles. The molecule has 7 nitrogen and oxygen atoms in total.